The molecule has 0 aliphatic carbocycles. The molecule has 0 atom stereocenters. The zero-order chi connectivity index (χ0) is 18.0. The average Bonchev–Trinajstić information content (AvgIpc) is 2.96. The van der Waals surface area contributed by atoms with Gasteiger partial charge >= 0.3 is 0 Å². The second-order valence-corrected chi connectivity index (χ2v) is 6.71. The molecule has 7 heteroatoms. The van der Waals surface area contributed by atoms with Crippen molar-refractivity contribution in [2.24, 2.45) is 0 Å². The normalized spacial score (nSPS) is 12.2. The third-order valence-corrected chi connectivity index (χ3v) is 4.01. The van der Waals surface area contributed by atoms with Gasteiger partial charge in [0.15, 0.2) is 0 Å². The van der Waals surface area contributed by atoms with Crippen molar-refractivity contribution in [1.29, 1.82) is 0 Å². The summed E-state index contributed by atoms with van der Waals surface area (Å²) in [5.74, 6) is 1.89. The Morgan fingerprint density at radius 1 is 1.24 bits per heavy atom. The Balaban J connectivity index is 2.04. The highest BCUT2D eigenvalue weighted by Gasteiger charge is 2.17. The Hall–Kier alpha value is -2.38. The predicted octanol–water partition coefficient (Wildman–Crippen LogP) is 2.42. The molecule has 0 saturated carbocycles. The van der Waals surface area contributed by atoms with Crippen molar-refractivity contribution in [2.45, 2.75) is 32.3 Å². The quantitative estimate of drug-likeness (QED) is 0.608. The summed E-state index contributed by atoms with van der Waals surface area (Å²) in [6, 6.07) is 5.64. The minimum atomic E-state index is -0.776. The van der Waals surface area contributed by atoms with Crippen molar-refractivity contribution in [3.8, 4) is 5.75 Å². The van der Waals surface area contributed by atoms with Gasteiger partial charge in [-0.05, 0) is 26.0 Å². The lowest BCUT2D eigenvalue weighted by molar-refractivity contribution is 0.0556. The maximum absolute atomic E-state index is 9.86. The molecule has 0 aliphatic rings. The van der Waals surface area contributed by atoms with E-state index in [1.165, 1.54) is 0 Å². The number of aromatic amines is 1. The van der Waals surface area contributed by atoms with E-state index < -0.39 is 5.60 Å². The number of pyridine rings is 1. The molecule has 2 heterocycles. The number of H-pyrrole nitrogens is 1. The fraction of sp³-hybridized carbons (Fsp3) is 0.444. The summed E-state index contributed by atoms with van der Waals surface area (Å²) in [6.45, 7) is 4.49. The monoisotopic (exact) mass is 344 g/mol. The molecule has 3 aromatic rings. The minimum absolute atomic E-state index is 0.398. The molecular weight excluding hydrogens is 320 g/mol. The number of methoxy groups -OCH3 is 1. The van der Waals surface area contributed by atoms with Gasteiger partial charge in [-0.1, -0.05) is 6.07 Å². The maximum atomic E-state index is 9.86. The van der Waals surface area contributed by atoms with E-state index in [4.69, 9.17) is 15.2 Å². The van der Waals surface area contributed by atoms with Crippen LogP contribution in [0.3, 0.4) is 0 Å². The minimum Gasteiger partial charge on any atom is -0.493 e. The second-order valence-electron chi connectivity index (χ2n) is 6.71. The number of nitrogens with two attached hydrogens (primary N) is 1. The van der Waals surface area contributed by atoms with Crippen molar-refractivity contribution in [1.82, 2.24) is 15.0 Å². The smallest absolute Gasteiger partial charge is 0.150 e. The number of anilines is 1. The van der Waals surface area contributed by atoms with E-state index in [0.717, 1.165) is 22.2 Å². The molecule has 0 fully saturated rings. The van der Waals surface area contributed by atoms with E-state index in [-0.39, 0.29) is 0 Å². The summed E-state index contributed by atoms with van der Waals surface area (Å²) in [5.41, 5.74) is 7.49. The zero-order valence-corrected chi connectivity index (χ0v) is 14.8. The Labute approximate surface area is 146 Å². The number of fused-ring (bicyclic) bond motifs is 3. The number of hydrogen-bond acceptors (Lipinski definition) is 6. The summed E-state index contributed by atoms with van der Waals surface area (Å²) >= 11 is 0. The largest absolute Gasteiger partial charge is 0.493 e. The Kier molecular flexibility index (Phi) is 4.78. The van der Waals surface area contributed by atoms with E-state index in [1.54, 1.807) is 21.0 Å². The van der Waals surface area contributed by atoms with Crippen LogP contribution in [-0.2, 0) is 11.2 Å². The second kappa shape index (κ2) is 6.85. The number of nitrogens with one attached hydrogen (secondary N) is 1. The van der Waals surface area contributed by atoms with Gasteiger partial charge in [0.25, 0.3) is 0 Å². The third kappa shape index (κ3) is 3.83. The summed E-state index contributed by atoms with van der Waals surface area (Å²) in [4.78, 5) is 12.4. The predicted molar refractivity (Wildman–Crippen MR) is 97.8 cm³/mol. The molecule has 1 aromatic carbocycles. The molecular formula is C18H24N4O3. The average molecular weight is 344 g/mol. The van der Waals surface area contributed by atoms with Crippen molar-refractivity contribution in [2.75, 3.05) is 26.1 Å². The highest BCUT2D eigenvalue weighted by Crippen LogP contribution is 2.33. The Morgan fingerprint density at radius 2 is 2.04 bits per heavy atom. The van der Waals surface area contributed by atoms with Gasteiger partial charge in [-0.3, -0.25) is 0 Å². The summed E-state index contributed by atoms with van der Waals surface area (Å²) in [7, 11) is 1.66. The van der Waals surface area contributed by atoms with Gasteiger partial charge in [-0.25, -0.2) is 9.97 Å². The topological polar surface area (TPSA) is 106 Å². The molecule has 0 spiro atoms. The number of imidazole rings is 1. The van der Waals surface area contributed by atoms with Crippen molar-refractivity contribution in [3.05, 3.63) is 24.0 Å². The Bertz CT molecular complexity index is 883. The third-order valence-electron chi connectivity index (χ3n) is 4.01. The molecule has 0 aliphatic heterocycles. The van der Waals surface area contributed by atoms with E-state index >= 15 is 0 Å². The SMILES string of the molecule is COCCc1nc2c([nH]1)c(N)nc1cccc(OCCC(C)(C)O)c12. The van der Waals surface area contributed by atoms with E-state index in [0.29, 0.717) is 43.1 Å². The molecule has 4 N–H and O–H groups in total. The number of benzene rings is 1. The zero-order valence-electron chi connectivity index (χ0n) is 14.8. The first-order valence-electron chi connectivity index (χ1n) is 8.30. The molecule has 25 heavy (non-hydrogen) atoms. The maximum Gasteiger partial charge on any atom is 0.150 e. The molecule has 0 radical (unpaired) electrons. The lowest BCUT2D eigenvalue weighted by Crippen LogP contribution is -2.21. The van der Waals surface area contributed by atoms with E-state index in [1.807, 2.05) is 18.2 Å². The van der Waals surface area contributed by atoms with Crippen LogP contribution in [0, 0.1) is 0 Å². The molecule has 134 valence electrons. The summed E-state index contributed by atoms with van der Waals surface area (Å²) in [5, 5.41) is 10.7. The van der Waals surface area contributed by atoms with Crippen LogP contribution >= 0.6 is 0 Å². The number of hydrogen-bond donors (Lipinski definition) is 3. The lowest BCUT2D eigenvalue weighted by Gasteiger charge is -2.17. The highest BCUT2D eigenvalue weighted by molar-refractivity contribution is 6.09. The van der Waals surface area contributed by atoms with Crippen LogP contribution in [0.5, 0.6) is 5.75 Å². The van der Waals surface area contributed by atoms with Crippen LogP contribution in [-0.4, -0.2) is 46.0 Å². The summed E-state index contributed by atoms with van der Waals surface area (Å²) < 4.78 is 11.0. The standard InChI is InChI=1S/C18H24N4O3/c1-18(2,23)8-10-25-12-6-4-5-11-14(12)15-16(17(19)20-11)22-13(21-15)7-9-24-3/h4-6,23H,7-10H2,1-3H3,(H2,19,20)(H,21,22). The molecule has 2 aromatic heterocycles. The van der Waals surface area contributed by atoms with Gasteiger partial charge in [-0.2, -0.15) is 0 Å². The van der Waals surface area contributed by atoms with Gasteiger partial charge < -0.3 is 25.3 Å². The van der Waals surface area contributed by atoms with Crippen molar-refractivity contribution < 1.29 is 14.6 Å². The van der Waals surface area contributed by atoms with Gasteiger partial charge in [0.1, 0.15) is 28.4 Å². The first-order valence-corrected chi connectivity index (χ1v) is 8.30. The Morgan fingerprint density at radius 3 is 2.76 bits per heavy atom. The van der Waals surface area contributed by atoms with Crippen LogP contribution in [0.2, 0.25) is 0 Å². The van der Waals surface area contributed by atoms with Crippen LogP contribution in [0.25, 0.3) is 21.9 Å². The molecule has 3 rings (SSSR count). The fourth-order valence-corrected chi connectivity index (χ4v) is 2.67. The number of rotatable bonds is 7. The van der Waals surface area contributed by atoms with Gasteiger partial charge in [0.05, 0.1) is 29.7 Å². The number of ether oxygens (including phenoxy) is 2. The lowest BCUT2D eigenvalue weighted by atomic mass is 10.1. The fourth-order valence-electron chi connectivity index (χ4n) is 2.67. The first-order chi connectivity index (χ1) is 11.9. The molecule has 0 unspecified atom stereocenters. The van der Waals surface area contributed by atoms with Gasteiger partial charge in [-0.15, -0.1) is 0 Å². The van der Waals surface area contributed by atoms with Gasteiger partial charge in [0, 0.05) is 20.0 Å². The van der Waals surface area contributed by atoms with Crippen LogP contribution < -0.4 is 10.5 Å². The van der Waals surface area contributed by atoms with Crippen molar-refractivity contribution >= 4 is 27.8 Å². The number of nitrogen functional groups attached to an aromatic ring is 1. The molecule has 0 amide bonds. The van der Waals surface area contributed by atoms with E-state index in [2.05, 4.69) is 15.0 Å². The summed E-state index contributed by atoms with van der Waals surface area (Å²) in [6.07, 6.45) is 1.18. The number of nitrogens with zero attached hydrogens (tertiary/aromatic N) is 2. The molecule has 0 saturated heterocycles. The van der Waals surface area contributed by atoms with Crippen LogP contribution in [0.1, 0.15) is 26.1 Å². The molecule has 0 bridgehead atoms. The van der Waals surface area contributed by atoms with Crippen LogP contribution in [0.15, 0.2) is 18.2 Å². The molecule has 7 nitrogen and oxygen atoms in total. The van der Waals surface area contributed by atoms with Crippen molar-refractivity contribution in [3.63, 3.8) is 0 Å². The first kappa shape index (κ1) is 17.4. The number of aromatic nitrogens is 3. The number of aliphatic hydroxyl groups is 1. The highest BCUT2D eigenvalue weighted by atomic mass is 16.5. The van der Waals surface area contributed by atoms with E-state index in [9.17, 15) is 5.11 Å². The van der Waals surface area contributed by atoms with Gasteiger partial charge in [0.2, 0.25) is 0 Å². The van der Waals surface area contributed by atoms with Crippen LogP contribution in [0.4, 0.5) is 5.82 Å².